The van der Waals surface area contributed by atoms with E-state index in [2.05, 4.69) is 4.72 Å². The number of ether oxygens (including phenoxy) is 1. The van der Waals surface area contributed by atoms with Gasteiger partial charge in [-0.15, -0.1) is 0 Å². The lowest BCUT2D eigenvalue weighted by Gasteiger charge is -2.25. The van der Waals surface area contributed by atoms with Gasteiger partial charge in [-0.25, -0.2) is 13.1 Å². The zero-order valence-electron chi connectivity index (χ0n) is 13.1. The number of halogens is 3. The van der Waals surface area contributed by atoms with E-state index in [0.29, 0.717) is 13.0 Å². The Kier molecular flexibility index (Phi) is 4.75. The zero-order valence-corrected chi connectivity index (χ0v) is 13.9. The van der Waals surface area contributed by atoms with Crippen LogP contribution >= 0.6 is 0 Å². The molecule has 1 heterocycles. The highest BCUT2D eigenvalue weighted by Crippen LogP contribution is 2.34. The molecule has 1 aliphatic heterocycles. The molecule has 0 bridgehead atoms. The molecule has 3 rings (SSSR count). The van der Waals surface area contributed by atoms with Crippen LogP contribution in [0.15, 0.2) is 53.4 Å². The second kappa shape index (κ2) is 6.68. The van der Waals surface area contributed by atoms with Gasteiger partial charge in [0.2, 0.25) is 10.0 Å². The van der Waals surface area contributed by atoms with Crippen LogP contribution in [0.3, 0.4) is 0 Å². The van der Waals surface area contributed by atoms with E-state index >= 15 is 0 Å². The molecule has 1 atom stereocenters. The molecule has 2 aromatic rings. The molecule has 0 saturated heterocycles. The Balaban J connectivity index is 1.74. The Labute approximate surface area is 143 Å². The van der Waals surface area contributed by atoms with Gasteiger partial charge < -0.3 is 4.74 Å². The molecule has 134 valence electrons. The molecule has 0 radical (unpaired) electrons. The maximum Gasteiger partial charge on any atom is 0.417 e. The van der Waals surface area contributed by atoms with E-state index in [4.69, 9.17) is 4.74 Å². The van der Waals surface area contributed by atoms with Crippen molar-refractivity contribution in [2.45, 2.75) is 17.5 Å². The van der Waals surface area contributed by atoms with E-state index in [0.717, 1.165) is 29.5 Å². The second-order valence-corrected chi connectivity index (χ2v) is 7.57. The maximum atomic E-state index is 13.0. The van der Waals surface area contributed by atoms with Gasteiger partial charge in [-0.2, -0.15) is 13.2 Å². The van der Waals surface area contributed by atoms with Crippen molar-refractivity contribution < 1.29 is 26.3 Å². The van der Waals surface area contributed by atoms with E-state index in [1.165, 1.54) is 6.07 Å². The van der Waals surface area contributed by atoms with Crippen LogP contribution in [0.5, 0.6) is 5.75 Å². The molecule has 0 aromatic heterocycles. The van der Waals surface area contributed by atoms with Gasteiger partial charge in [0.15, 0.2) is 0 Å². The van der Waals surface area contributed by atoms with Crippen LogP contribution in [-0.4, -0.2) is 21.6 Å². The van der Waals surface area contributed by atoms with Crippen molar-refractivity contribution in [2.75, 3.05) is 13.2 Å². The normalized spacial score (nSPS) is 17.6. The molecule has 2 aromatic carbocycles. The van der Waals surface area contributed by atoms with E-state index < -0.39 is 26.7 Å². The maximum absolute atomic E-state index is 13.0. The van der Waals surface area contributed by atoms with Crippen LogP contribution < -0.4 is 9.46 Å². The summed E-state index contributed by atoms with van der Waals surface area (Å²) >= 11 is 0. The smallest absolute Gasteiger partial charge is 0.417 e. The first kappa shape index (κ1) is 17.8. The third kappa shape index (κ3) is 3.96. The van der Waals surface area contributed by atoms with Crippen molar-refractivity contribution in [3.8, 4) is 5.75 Å². The molecule has 0 saturated carbocycles. The average molecular weight is 371 g/mol. The van der Waals surface area contributed by atoms with E-state index in [1.807, 2.05) is 24.3 Å². The summed E-state index contributed by atoms with van der Waals surface area (Å²) in [6, 6.07) is 11.6. The topological polar surface area (TPSA) is 55.4 Å². The van der Waals surface area contributed by atoms with Crippen LogP contribution in [0.4, 0.5) is 13.2 Å². The van der Waals surface area contributed by atoms with Crippen LogP contribution in [0, 0.1) is 5.92 Å². The van der Waals surface area contributed by atoms with Crippen molar-refractivity contribution in [1.82, 2.24) is 4.72 Å². The predicted molar refractivity (Wildman–Crippen MR) is 85.8 cm³/mol. The molecule has 0 fully saturated rings. The van der Waals surface area contributed by atoms with Gasteiger partial charge in [-0.3, -0.25) is 0 Å². The summed E-state index contributed by atoms with van der Waals surface area (Å²) in [7, 11) is -4.28. The molecular weight excluding hydrogens is 355 g/mol. The summed E-state index contributed by atoms with van der Waals surface area (Å²) in [5.41, 5.74) is -0.221. The van der Waals surface area contributed by atoms with Crippen LogP contribution in [0.25, 0.3) is 0 Å². The molecule has 0 amide bonds. The van der Waals surface area contributed by atoms with Gasteiger partial charge in [0.1, 0.15) is 5.75 Å². The SMILES string of the molecule is O=S(=O)(NCC1COc2ccccc2C1)c1ccccc1C(F)(F)F. The molecule has 1 aliphatic rings. The highest BCUT2D eigenvalue weighted by Gasteiger charge is 2.37. The average Bonchev–Trinajstić information content (AvgIpc) is 2.59. The molecule has 4 nitrogen and oxygen atoms in total. The monoisotopic (exact) mass is 371 g/mol. The second-order valence-electron chi connectivity index (χ2n) is 5.83. The van der Waals surface area contributed by atoms with Gasteiger partial charge >= 0.3 is 6.18 Å². The molecule has 0 spiro atoms. The first-order valence-corrected chi connectivity index (χ1v) is 9.12. The molecule has 25 heavy (non-hydrogen) atoms. The highest BCUT2D eigenvalue weighted by atomic mass is 32.2. The highest BCUT2D eigenvalue weighted by molar-refractivity contribution is 7.89. The van der Waals surface area contributed by atoms with Crippen molar-refractivity contribution in [1.29, 1.82) is 0 Å². The number of hydrogen-bond acceptors (Lipinski definition) is 3. The fraction of sp³-hybridized carbons (Fsp3) is 0.294. The fourth-order valence-electron chi connectivity index (χ4n) is 2.76. The van der Waals surface area contributed by atoms with Gasteiger partial charge in [-0.1, -0.05) is 30.3 Å². The fourth-order valence-corrected chi connectivity index (χ4v) is 4.10. The Morgan fingerprint density at radius 3 is 2.52 bits per heavy atom. The minimum absolute atomic E-state index is 0.00284. The van der Waals surface area contributed by atoms with Crippen LogP contribution in [0.2, 0.25) is 0 Å². The summed E-state index contributed by atoms with van der Waals surface area (Å²) in [4.78, 5) is -0.764. The van der Waals surface area contributed by atoms with Crippen molar-refractivity contribution in [3.63, 3.8) is 0 Å². The quantitative estimate of drug-likeness (QED) is 0.898. The minimum Gasteiger partial charge on any atom is -0.493 e. The number of fused-ring (bicyclic) bond motifs is 1. The Hall–Kier alpha value is -2.06. The Morgan fingerprint density at radius 2 is 1.76 bits per heavy atom. The van der Waals surface area contributed by atoms with Gasteiger partial charge in [0.25, 0.3) is 0 Å². The van der Waals surface area contributed by atoms with E-state index in [-0.39, 0.29) is 12.5 Å². The summed E-state index contributed by atoms with van der Waals surface area (Å²) in [6.07, 6.45) is -4.14. The standard InChI is InChI=1S/C17H16F3NO3S/c18-17(19,20)14-6-2-4-8-16(14)25(22,23)21-10-12-9-13-5-1-3-7-15(13)24-11-12/h1-8,12,21H,9-11H2. The lowest BCUT2D eigenvalue weighted by atomic mass is 9.97. The van der Waals surface area contributed by atoms with E-state index in [1.54, 1.807) is 0 Å². The Morgan fingerprint density at radius 1 is 1.08 bits per heavy atom. The first-order valence-electron chi connectivity index (χ1n) is 7.64. The van der Waals surface area contributed by atoms with Gasteiger partial charge in [-0.05, 0) is 30.2 Å². The van der Waals surface area contributed by atoms with E-state index in [9.17, 15) is 21.6 Å². The van der Waals surface area contributed by atoms with Crippen molar-refractivity contribution in [3.05, 3.63) is 59.7 Å². The summed E-state index contributed by atoms with van der Waals surface area (Å²) in [5.74, 6) is 0.603. The van der Waals surface area contributed by atoms with Crippen LogP contribution in [0.1, 0.15) is 11.1 Å². The largest absolute Gasteiger partial charge is 0.493 e. The van der Waals surface area contributed by atoms with Gasteiger partial charge in [0.05, 0.1) is 17.1 Å². The number of rotatable bonds is 4. The summed E-state index contributed by atoms with van der Waals surface area (Å²) in [6.45, 7) is 0.309. The summed E-state index contributed by atoms with van der Waals surface area (Å²) in [5, 5.41) is 0. The van der Waals surface area contributed by atoms with Gasteiger partial charge in [0, 0.05) is 12.5 Å². The minimum atomic E-state index is -4.74. The number of nitrogens with one attached hydrogen (secondary N) is 1. The zero-order chi connectivity index (χ0) is 18.1. The van der Waals surface area contributed by atoms with Crippen molar-refractivity contribution >= 4 is 10.0 Å². The Bertz CT molecular complexity index is 865. The van der Waals surface area contributed by atoms with Crippen LogP contribution in [-0.2, 0) is 22.6 Å². The lowest BCUT2D eigenvalue weighted by molar-refractivity contribution is -0.139. The lowest BCUT2D eigenvalue weighted by Crippen LogP contribution is -2.35. The molecular formula is C17H16F3NO3S. The number of para-hydroxylation sites is 1. The molecule has 1 unspecified atom stereocenters. The molecule has 8 heteroatoms. The third-order valence-corrected chi connectivity index (χ3v) is 5.48. The number of alkyl halides is 3. The molecule has 0 aliphatic carbocycles. The first-order chi connectivity index (χ1) is 11.8. The van der Waals surface area contributed by atoms with Crippen molar-refractivity contribution in [2.24, 2.45) is 5.92 Å². The molecule has 1 N–H and O–H groups in total. The number of sulfonamides is 1. The summed E-state index contributed by atoms with van der Waals surface area (Å²) < 4.78 is 71.6. The third-order valence-electron chi connectivity index (χ3n) is 4.00. The number of benzene rings is 2. The predicted octanol–water partition coefficient (Wildman–Crippen LogP) is 3.24. The number of hydrogen-bond donors (Lipinski definition) is 1.